The fourth-order valence-corrected chi connectivity index (χ4v) is 1.86. The molecule has 0 amide bonds. The van der Waals surface area contributed by atoms with E-state index in [0.29, 0.717) is 18.1 Å². The maximum absolute atomic E-state index is 11.2. The quantitative estimate of drug-likeness (QED) is 0.739. The smallest absolute Gasteiger partial charge is 0.360 e. The summed E-state index contributed by atoms with van der Waals surface area (Å²) >= 11 is 0. The van der Waals surface area contributed by atoms with Gasteiger partial charge in [-0.25, -0.2) is 9.78 Å². The van der Waals surface area contributed by atoms with Crippen LogP contribution in [-0.2, 0) is 22.1 Å². The Labute approximate surface area is 96.2 Å². The van der Waals surface area contributed by atoms with Crippen molar-refractivity contribution in [2.45, 2.75) is 13.5 Å². The van der Waals surface area contributed by atoms with Crippen LogP contribution in [-0.4, -0.2) is 38.3 Å². The molecule has 7 heteroatoms. The fraction of sp³-hybridized carbons (Fsp3) is 0.556. The van der Waals surface area contributed by atoms with Gasteiger partial charge in [-0.15, -0.1) is 0 Å². The molecule has 1 heterocycles. The molecule has 0 aliphatic heterocycles. The first-order valence-electron chi connectivity index (χ1n) is 4.84. The molecule has 6 nitrogen and oxygen atoms in total. The van der Waals surface area contributed by atoms with E-state index in [2.05, 4.69) is 9.72 Å². The van der Waals surface area contributed by atoms with E-state index < -0.39 is 16.8 Å². The van der Waals surface area contributed by atoms with Crippen molar-refractivity contribution in [3.05, 3.63) is 12.0 Å². The average Bonchev–Trinajstić information content (AvgIpc) is 2.66. The number of nitrogens with two attached hydrogens (primary N) is 1. The number of hydrogen-bond acceptors (Lipinski definition) is 5. The molecular formula is C9H15N3O3S. The number of anilines is 1. The molecule has 0 bridgehead atoms. The third-order valence-corrected chi connectivity index (χ3v) is 3.42. The molecule has 1 rings (SSSR count). The predicted molar refractivity (Wildman–Crippen MR) is 61.5 cm³/mol. The lowest BCUT2D eigenvalue weighted by molar-refractivity contribution is 0.0596. The summed E-state index contributed by atoms with van der Waals surface area (Å²) in [6.45, 7) is 2.34. The first-order valence-corrected chi connectivity index (χ1v) is 6.32. The van der Waals surface area contributed by atoms with Gasteiger partial charge in [0.2, 0.25) is 0 Å². The van der Waals surface area contributed by atoms with E-state index in [1.54, 1.807) is 4.57 Å². The van der Waals surface area contributed by atoms with Crippen LogP contribution in [0.25, 0.3) is 0 Å². The van der Waals surface area contributed by atoms with E-state index in [4.69, 9.17) is 5.73 Å². The van der Waals surface area contributed by atoms with Gasteiger partial charge in [-0.1, -0.05) is 6.92 Å². The molecule has 90 valence electrons. The molecule has 0 saturated carbocycles. The van der Waals surface area contributed by atoms with Crippen LogP contribution in [0.1, 0.15) is 17.4 Å². The van der Waals surface area contributed by atoms with Crippen LogP contribution in [0.3, 0.4) is 0 Å². The van der Waals surface area contributed by atoms with Gasteiger partial charge in [-0.2, -0.15) is 0 Å². The van der Waals surface area contributed by atoms with Crippen LogP contribution < -0.4 is 5.73 Å². The standard InChI is InChI=1S/C9H15N3O3S/c1-3-16(14)5-4-12-6-11-7(8(12)10)9(13)15-2/h6H,3-5,10H2,1-2H3. The largest absolute Gasteiger partial charge is 0.464 e. The molecule has 0 aromatic carbocycles. The Hall–Kier alpha value is -1.37. The molecule has 1 aromatic rings. The second-order valence-corrected chi connectivity index (χ2v) is 4.96. The maximum atomic E-state index is 11.2. The van der Waals surface area contributed by atoms with Crippen molar-refractivity contribution in [2.24, 2.45) is 0 Å². The summed E-state index contributed by atoms with van der Waals surface area (Å²) < 4.78 is 17.4. The number of rotatable bonds is 5. The lowest BCUT2D eigenvalue weighted by Crippen LogP contribution is -2.12. The topological polar surface area (TPSA) is 87.2 Å². The summed E-state index contributed by atoms with van der Waals surface area (Å²) in [5, 5.41) is 0. The number of carbonyl (C=O) groups excluding carboxylic acids is 1. The summed E-state index contributed by atoms with van der Waals surface area (Å²) in [6.07, 6.45) is 1.45. The lowest BCUT2D eigenvalue weighted by Gasteiger charge is -2.04. The molecule has 0 aliphatic rings. The average molecular weight is 245 g/mol. The number of nitrogens with zero attached hydrogens (tertiary/aromatic N) is 2. The number of nitrogen functional groups attached to an aromatic ring is 1. The Bertz CT molecular complexity index is 403. The summed E-state index contributed by atoms with van der Waals surface area (Å²) in [7, 11) is 0.411. The highest BCUT2D eigenvalue weighted by Gasteiger charge is 2.15. The zero-order valence-corrected chi connectivity index (χ0v) is 10.1. The van der Waals surface area contributed by atoms with Crippen LogP contribution in [0, 0.1) is 0 Å². The maximum Gasteiger partial charge on any atom is 0.360 e. The number of esters is 1. The van der Waals surface area contributed by atoms with E-state index in [1.165, 1.54) is 13.4 Å². The molecule has 16 heavy (non-hydrogen) atoms. The van der Waals surface area contributed by atoms with E-state index in [9.17, 15) is 9.00 Å². The highest BCUT2D eigenvalue weighted by atomic mass is 32.2. The van der Waals surface area contributed by atoms with Crippen molar-refractivity contribution in [2.75, 3.05) is 24.3 Å². The number of ether oxygens (including phenoxy) is 1. The molecule has 1 aromatic heterocycles. The second kappa shape index (κ2) is 5.64. The first kappa shape index (κ1) is 12.7. The van der Waals surface area contributed by atoms with Gasteiger partial charge >= 0.3 is 5.97 Å². The van der Waals surface area contributed by atoms with E-state index in [0.717, 1.165) is 0 Å². The van der Waals surface area contributed by atoms with E-state index >= 15 is 0 Å². The van der Waals surface area contributed by atoms with Crippen molar-refractivity contribution in [1.29, 1.82) is 0 Å². The van der Waals surface area contributed by atoms with Gasteiger partial charge in [0.25, 0.3) is 0 Å². The number of hydrogen-bond donors (Lipinski definition) is 1. The third-order valence-electron chi connectivity index (χ3n) is 2.14. The fourth-order valence-electron chi connectivity index (χ4n) is 1.17. The molecule has 1 atom stereocenters. The van der Waals surface area contributed by atoms with Crippen LogP contribution in [0.2, 0.25) is 0 Å². The highest BCUT2D eigenvalue weighted by molar-refractivity contribution is 7.84. The number of methoxy groups -OCH3 is 1. The van der Waals surface area contributed by atoms with Crippen molar-refractivity contribution in [3.63, 3.8) is 0 Å². The molecule has 0 fully saturated rings. The zero-order valence-electron chi connectivity index (χ0n) is 9.30. The van der Waals surface area contributed by atoms with Gasteiger partial charge in [0.05, 0.1) is 13.4 Å². The Balaban J connectivity index is 2.72. The molecule has 2 N–H and O–H groups in total. The number of aromatic nitrogens is 2. The Morgan fingerprint density at radius 1 is 1.69 bits per heavy atom. The highest BCUT2D eigenvalue weighted by Crippen LogP contribution is 2.10. The minimum absolute atomic E-state index is 0.102. The Morgan fingerprint density at radius 3 is 2.94 bits per heavy atom. The van der Waals surface area contributed by atoms with Crippen LogP contribution in [0.5, 0.6) is 0 Å². The Morgan fingerprint density at radius 2 is 2.38 bits per heavy atom. The molecule has 0 aliphatic carbocycles. The second-order valence-electron chi connectivity index (χ2n) is 3.10. The minimum atomic E-state index is -0.859. The zero-order chi connectivity index (χ0) is 12.1. The summed E-state index contributed by atoms with van der Waals surface area (Å²) in [4.78, 5) is 15.1. The minimum Gasteiger partial charge on any atom is -0.464 e. The summed E-state index contributed by atoms with van der Waals surface area (Å²) in [5.74, 6) is 0.795. The van der Waals surface area contributed by atoms with Gasteiger partial charge in [0.1, 0.15) is 5.82 Å². The molecular weight excluding hydrogens is 230 g/mol. The van der Waals surface area contributed by atoms with Gasteiger partial charge in [-0.05, 0) is 0 Å². The number of carbonyl (C=O) groups is 1. The van der Waals surface area contributed by atoms with Crippen molar-refractivity contribution in [3.8, 4) is 0 Å². The lowest BCUT2D eigenvalue weighted by atomic mass is 10.4. The first-order chi connectivity index (χ1) is 7.60. The van der Waals surface area contributed by atoms with Gasteiger partial charge < -0.3 is 15.0 Å². The van der Waals surface area contributed by atoms with E-state index in [-0.39, 0.29) is 11.5 Å². The van der Waals surface area contributed by atoms with Gasteiger partial charge in [0.15, 0.2) is 5.69 Å². The van der Waals surface area contributed by atoms with Crippen LogP contribution in [0.15, 0.2) is 6.33 Å². The van der Waals surface area contributed by atoms with Gasteiger partial charge in [-0.3, -0.25) is 4.21 Å². The summed E-state index contributed by atoms with van der Waals surface area (Å²) in [5.41, 5.74) is 5.81. The molecule has 0 spiro atoms. The van der Waals surface area contributed by atoms with Crippen LogP contribution >= 0.6 is 0 Å². The van der Waals surface area contributed by atoms with Crippen molar-refractivity contribution in [1.82, 2.24) is 9.55 Å². The summed E-state index contributed by atoms with van der Waals surface area (Å²) in [6, 6.07) is 0. The molecule has 0 saturated heterocycles. The van der Waals surface area contributed by atoms with Crippen molar-refractivity contribution >= 4 is 22.6 Å². The third kappa shape index (κ3) is 2.82. The van der Waals surface area contributed by atoms with E-state index in [1.807, 2.05) is 6.92 Å². The molecule has 1 unspecified atom stereocenters. The van der Waals surface area contributed by atoms with Crippen molar-refractivity contribution < 1.29 is 13.7 Å². The number of imidazole rings is 1. The molecule has 0 radical (unpaired) electrons. The van der Waals surface area contributed by atoms with Gasteiger partial charge in [0, 0.05) is 28.9 Å². The predicted octanol–water partition coefficient (Wildman–Crippen LogP) is 0.0205. The SMILES string of the molecule is CCS(=O)CCn1cnc(C(=O)OC)c1N. The van der Waals surface area contributed by atoms with Crippen LogP contribution in [0.4, 0.5) is 5.82 Å². The normalized spacial score (nSPS) is 12.4. The monoisotopic (exact) mass is 245 g/mol. The Kier molecular flexibility index (Phi) is 4.48. The number of aryl methyl sites for hydroxylation is 1.